The minimum atomic E-state index is -1.10. The number of aromatic carboxylic acids is 1. The van der Waals surface area contributed by atoms with E-state index in [2.05, 4.69) is 4.98 Å². The zero-order valence-corrected chi connectivity index (χ0v) is 11.2. The number of carboxylic acid groups (broad SMARTS) is 1. The molecule has 108 valence electrons. The molecule has 0 saturated heterocycles. The van der Waals surface area contributed by atoms with E-state index in [1.54, 1.807) is 6.92 Å². The van der Waals surface area contributed by atoms with Gasteiger partial charge in [0.05, 0.1) is 23.4 Å². The summed E-state index contributed by atoms with van der Waals surface area (Å²) in [5.41, 5.74) is 0.567. The van der Waals surface area contributed by atoms with Crippen molar-refractivity contribution < 1.29 is 23.8 Å². The number of nitrogens with zero attached hydrogens (tertiary/aromatic N) is 1. The number of carbonyl (C=O) groups is 2. The van der Waals surface area contributed by atoms with E-state index in [0.717, 1.165) is 6.07 Å². The number of ether oxygens (including phenoxy) is 1. The molecule has 2 aromatic rings. The van der Waals surface area contributed by atoms with E-state index >= 15 is 0 Å². The smallest absolute Gasteiger partial charge is 0.341 e. The second-order valence-electron chi connectivity index (χ2n) is 4.15. The van der Waals surface area contributed by atoms with Crippen molar-refractivity contribution in [1.29, 1.82) is 0 Å². The highest BCUT2D eigenvalue weighted by Crippen LogP contribution is 2.21. The first-order chi connectivity index (χ1) is 10.0. The molecule has 0 bridgehead atoms. The summed E-state index contributed by atoms with van der Waals surface area (Å²) in [6.45, 7) is 1.79. The second-order valence-corrected chi connectivity index (χ2v) is 4.15. The van der Waals surface area contributed by atoms with Crippen molar-refractivity contribution in [2.45, 2.75) is 6.92 Å². The van der Waals surface area contributed by atoms with Crippen LogP contribution in [0.15, 0.2) is 36.5 Å². The summed E-state index contributed by atoms with van der Waals surface area (Å²) in [7, 11) is 0. The SMILES string of the molecule is CCOC(=O)c1ccc(-c2cc(C(=O)O)ccn2)cc1F. The Kier molecular flexibility index (Phi) is 4.27. The van der Waals surface area contributed by atoms with Gasteiger partial charge >= 0.3 is 11.9 Å². The molecule has 0 radical (unpaired) electrons. The number of hydrogen-bond donors (Lipinski definition) is 1. The van der Waals surface area contributed by atoms with Crippen molar-refractivity contribution >= 4 is 11.9 Å². The Morgan fingerprint density at radius 3 is 2.67 bits per heavy atom. The number of carboxylic acids is 1. The first-order valence-electron chi connectivity index (χ1n) is 6.19. The van der Waals surface area contributed by atoms with Crippen LogP contribution in [0.2, 0.25) is 0 Å². The van der Waals surface area contributed by atoms with Crippen LogP contribution in [0.25, 0.3) is 11.3 Å². The molecule has 5 nitrogen and oxygen atoms in total. The van der Waals surface area contributed by atoms with E-state index in [1.807, 2.05) is 0 Å². The van der Waals surface area contributed by atoms with E-state index in [1.165, 1.54) is 30.5 Å². The number of halogens is 1. The van der Waals surface area contributed by atoms with E-state index in [-0.39, 0.29) is 17.7 Å². The number of esters is 1. The summed E-state index contributed by atoms with van der Waals surface area (Å²) in [6, 6.07) is 6.58. The molecule has 0 aliphatic carbocycles. The minimum Gasteiger partial charge on any atom is -0.478 e. The predicted octanol–water partition coefficient (Wildman–Crippen LogP) is 2.76. The molecule has 0 unspecified atom stereocenters. The van der Waals surface area contributed by atoms with Gasteiger partial charge in [-0.15, -0.1) is 0 Å². The molecule has 0 aliphatic rings. The normalized spacial score (nSPS) is 10.2. The number of pyridine rings is 1. The Morgan fingerprint density at radius 2 is 2.05 bits per heavy atom. The molecule has 1 aromatic heterocycles. The molecule has 2 rings (SSSR count). The third kappa shape index (κ3) is 3.22. The van der Waals surface area contributed by atoms with Crippen LogP contribution in [0.5, 0.6) is 0 Å². The summed E-state index contributed by atoms with van der Waals surface area (Å²) in [6.07, 6.45) is 1.33. The molecule has 1 aromatic carbocycles. The van der Waals surface area contributed by atoms with Crippen LogP contribution < -0.4 is 0 Å². The molecule has 1 heterocycles. The molecule has 0 amide bonds. The standard InChI is InChI=1S/C15H12FNO4/c1-2-21-15(20)11-4-3-9(7-12(11)16)13-8-10(14(18)19)5-6-17-13/h3-8H,2H2,1H3,(H,18,19). The Labute approximate surface area is 120 Å². The van der Waals surface area contributed by atoms with E-state index < -0.39 is 17.8 Å². The number of rotatable bonds is 4. The molecule has 0 aliphatic heterocycles. The molecule has 0 atom stereocenters. The fraction of sp³-hybridized carbons (Fsp3) is 0.133. The summed E-state index contributed by atoms with van der Waals surface area (Å²) < 4.78 is 18.7. The average molecular weight is 289 g/mol. The van der Waals surface area contributed by atoms with Gasteiger partial charge in [0.2, 0.25) is 0 Å². The van der Waals surface area contributed by atoms with Crippen molar-refractivity contribution in [2.75, 3.05) is 6.61 Å². The summed E-state index contributed by atoms with van der Waals surface area (Å²) in [5.74, 6) is -2.58. The molecule has 6 heteroatoms. The monoisotopic (exact) mass is 289 g/mol. The maximum atomic E-state index is 13.9. The van der Waals surface area contributed by atoms with E-state index in [0.29, 0.717) is 11.3 Å². The lowest BCUT2D eigenvalue weighted by atomic mass is 10.1. The van der Waals surface area contributed by atoms with Crippen LogP contribution >= 0.6 is 0 Å². The van der Waals surface area contributed by atoms with Crippen molar-refractivity contribution in [2.24, 2.45) is 0 Å². The van der Waals surface area contributed by atoms with Gasteiger partial charge in [-0.1, -0.05) is 6.07 Å². The van der Waals surface area contributed by atoms with Crippen LogP contribution in [0.1, 0.15) is 27.6 Å². The maximum absolute atomic E-state index is 13.9. The van der Waals surface area contributed by atoms with Crippen molar-refractivity contribution in [3.05, 3.63) is 53.5 Å². The van der Waals surface area contributed by atoms with Gasteiger partial charge in [-0.2, -0.15) is 0 Å². The highest BCUT2D eigenvalue weighted by Gasteiger charge is 2.14. The van der Waals surface area contributed by atoms with Crippen molar-refractivity contribution in [3.8, 4) is 11.3 Å². The van der Waals surface area contributed by atoms with Crippen LogP contribution in [-0.4, -0.2) is 28.6 Å². The maximum Gasteiger partial charge on any atom is 0.341 e. The van der Waals surface area contributed by atoms with Crippen LogP contribution in [0, 0.1) is 5.82 Å². The fourth-order valence-electron chi connectivity index (χ4n) is 1.77. The van der Waals surface area contributed by atoms with Crippen LogP contribution in [0.3, 0.4) is 0 Å². The number of hydrogen-bond acceptors (Lipinski definition) is 4. The van der Waals surface area contributed by atoms with Gasteiger partial charge in [-0.25, -0.2) is 14.0 Å². The van der Waals surface area contributed by atoms with Gasteiger partial charge in [0.15, 0.2) is 0 Å². The summed E-state index contributed by atoms with van der Waals surface area (Å²) >= 11 is 0. The highest BCUT2D eigenvalue weighted by atomic mass is 19.1. The molecule has 0 fully saturated rings. The van der Waals surface area contributed by atoms with E-state index in [9.17, 15) is 14.0 Å². The van der Waals surface area contributed by atoms with Gasteiger partial charge in [-0.3, -0.25) is 4.98 Å². The lowest BCUT2D eigenvalue weighted by molar-refractivity contribution is 0.0520. The van der Waals surface area contributed by atoms with Gasteiger partial charge in [0.1, 0.15) is 5.82 Å². The molecule has 21 heavy (non-hydrogen) atoms. The molecular formula is C15H12FNO4. The van der Waals surface area contributed by atoms with Crippen molar-refractivity contribution in [1.82, 2.24) is 4.98 Å². The quantitative estimate of drug-likeness (QED) is 0.876. The number of benzene rings is 1. The van der Waals surface area contributed by atoms with Gasteiger partial charge in [-0.05, 0) is 31.2 Å². The van der Waals surface area contributed by atoms with E-state index in [4.69, 9.17) is 9.84 Å². The van der Waals surface area contributed by atoms with Gasteiger partial charge in [0, 0.05) is 11.8 Å². The summed E-state index contributed by atoms with van der Waals surface area (Å²) in [5, 5.41) is 8.92. The van der Waals surface area contributed by atoms with Crippen LogP contribution in [0.4, 0.5) is 4.39 Å². The molecule has 0 spiro atoms. The number of carbonyl (C=O) groups excluding carboxylic acids is 1. The Balaban J connectivity index is 2.38. The third-order valence-electron chi connectivity index (χ3n) is 2.77. The molecule has 0 saturated carbocycles. The number of aromatic nitrogens is 1. The summed E-state index contributed by atoms with van der Waals surface area (Å²) in [4.78, 5) is 26.4. The van der Waals surface area contributed by atoms with Gasteiger partial charge in [0.25, 0.3) is 0 Å². The molecule has 1 N–H and O–H groups in total. The Morgan fingerprint density at radius 1 is 1.29 bits per heavy atom. The average Bonchev–Trinajstić information content (AvgIpc) is 2.47. The van der Waals surface area contributed by atoms with Crippen LogP contribution in [-0.2, 0) is 4.74 Å². The lowest BCUT2D eigenvalue weighted by Gasteiger charge is -2.06. The Hall–Kier alpha value is -2.76. The fourth-order valence-corrected chi connectivity index (χ4v) is 1.77. The lowest BCUT2D eigenvalue weighted by Crippen LogP contribution is -2.07. The first kappa shape index (κ1) is 14.6. The predicted molar refractivity (Wildman–Crippen MR) is 72.5 cm³/mol. The third-order valence-corrected chi connectivity index (χ3v) is 2.77. The minimum absolute atomic E-state index is 0.0508. The first-order valence-corrected chi connectivity index (χ1v) is 6.19. The zero-order chi connectivity index (χ0) is 15.4. The largest absolute Gasteiger partial charge is 0.478 e. The topological polar surface area (TPSA) is 76.5 Å². The van der Waals surface area contributed by atoms with Gasteiger partial charge < -0.3 is 9.84 Å². The highest BCUT2D eigenvalue weighted by molar-refractivity contribution is 5.91. The van der Waals surface area contributed by atoms with Crippen molar-refractivity contribution in [3.63, 3.8) is 0 Å². The second kappa shape index (κ2) is 6.13. The Bertz CT molecular complexity index is 700. The molecular weight excluding hydrogens is 277 g/mol. The zero-order valence-electron chi connectivity index (χ0n) is 11.2.